The monoisotopic (exact) mass is 366 g/mol. The third-order valence-electron chi connectivity index (χ3n) is 2.82. The molecule has 0 N–H and O–H groups in total. The van der Waals surface area contributed by atoms with Crippen molar-refractivity contribution in [2.75, 3.05) is 48.3 Å². The molecule has 0 aromatic rings. The van der Waals surface area contributed by atoms with Gasteiger partial charge in [0, 0.05) is 47.8 Å². The van der Waals surface area contributed by atoms with Gasteiger partial charge in [-0.1, -0.05) is 0 Å². The molecule has 0 saturated carbocycles. The smallest absolute Gasteiger partial charge is 0.377 e. The molecule has 0 fully saturated rings. The first kappa shape index (κ1) is 24.2. The summed E-state index contributed by atoms with van der Waals surface area (Å²) >= 11 is 0. The van der Waals surface area contributed by atoms with Crippen molar-refractivity contribution in [3.05, 3.63) is 0 Å². The van der Waals surface area contributed by atoms with E-state index in [4.69, 9.17) is 22.8 Å². The van der Waals surface area contributed by atoms with E-state index < -0.39 is 18.3 Å². The predicted octanol–water partition coefficient (Wildman–Crippen LogP) is -0.385. The molecule has 23 heavy (non-hydrogen) atoms. The zero-order valence-corrected chi connectivity index (χ0v) is 16.8. The molecule has 0 aromatic carbocycles. The van der Waals surface area contributed by atoms with Crippen LogP contribution in [0.3, 0.4) is 0 Å². The summed E-state index contributed by atoms with van der Waals surface area (Å²) in [6, 6.07) is 0.654. The number of hydrogen-bond acceptors (Lipinski definition) is 9. The van der Waals surface area contributed by atoms with Crippen molar-refractivity contribution in [1.82, 2.24) is 0 Å². The van der Waals surface area contributed by atoms with Crippen LogP contribution in [0.15, 0.2) is 9.98 Å². The molecule has 0 bridgehead atoms. The molecule has 134 valence electrons. The van der Waals surface area contributed by atoms with E-state index in [1.165, 1.54) is 12.2 Å². The molecule has 0 radical (unpaired) electrons. The van der Waals surface area contributed by atoms with Gasteiger partial charge < -0.3 is 22.8 Å². The van der Waals surface area contributed by atoms with Crippen molar-refractivity contribution in [2.24, 2.45) is 9.98 Å². The fourth-order valence-corrected chi connectivity index (χ4v) is 4.13. The van der Waals surface area contributed by atoms with Gasteiger partial charge in [-0.15, -0.1) is 0 Å². The van der Waals surface area contributed by atoms with Gasteiger partial charge in [-0.3, -0.25) is 0 Å². The van der Waals surface area contributed by atoms with E-state index in [0.717, 1.165) is 0 Å². The Hall–Kier alpha value is -1.01. The summed E-state index contributed by atoms with van der Waals surface area (Å²) in [7, 11) is 4.81. The number of carbonyl (C=O) groups excluding carboxylic acids is 2. The Labute approximate surface area is 140 Å². The van der Waals surface area contributed by atoms with E-state index in [2.05, 4.69) is 9.98 Å². The average Bonchev–Trinajstić information content (AvgIpc) is 2.60. The number of rotatable bonds is 12. The summed E-state index contributed by atoms with van der Waals surface area (Å²) in [5.74, 6) is -0.128. The molecule has 0 heterocycles. The molecule has 0 atom stereocenters. The Balaban J connectivity index is 0. The van der Waals surface area contributed by atoms with Gasteiger partial charge in [-0.05, 0) is 6.42 Å². The van der Waals surface area contributed by atoms with Crippen LogP contribution >= 0.6 is 0 Å². The molecule has 0 rings (SSSR count). The molecule has 0 spiro atoms. The molecular formula is C12H26N2O7Si2. The number of aliphatic imine (C=N–C) groups is 2. The van der Waals surface area contributed by atoms with E-state index in [1.807, 2.05) is 0 Å². The quantitative estimate of drug-likeness (QED) is 0.152. The van der Waals surface area contributed by atoms with E-state index in [9.17, 15) is 9.59 Å². The Morgan fingerprint density at radius 3 is 1.87 bits per heavy atom. The van der Waals surface area contributed by atoms with Crippen LogP contribution < -0.4 is 0 Å². The van der Waals surface area contributed by atoms with Crippen LogP contribution in [0.5, 0.6) is 0 Å². The van der Waals surface area contributed by atoms with Crippen LogP contribution in [-0.4, -0.2) is 84.7 Å². The first-order chi connectivity index (χ1) is 11.1. The Morgan fingerprint density at radius 2 is 1.48 bits per heavy atom. The van der Waals surface area contributed by atoms with Gasteiger partial charge in [-0.25, -0.2) is 19.6 Å². The Morgan fingerprint density at radius 1 is 0.957 bits per heavy atom. The largest absolute Gasteiger partial charge is 0.500 e. The van der Waals surface area contributed by atoms with Gasteiger partial charge in [0.25, 0.3) is 0 Å². The molecular weight excluding hydrogens is 340 g/mol. The second kappa shape index (κ2) is 17.3. The van der Waals surface area contributed by atoms with Crippen LogP contribution in [0.1, 0.15) is 6.42 Å². The molecule has 0 aromatic heterocycles. The standard InChI is InChI=1S/C7H15NO4Si.C5H11NO3Si/c1-10-13(11-2,12-3)6-4-5-8-7-9;1-8-5(9-2)10-4-6-3-7/h4-6H2,1-3H3;5H,4,10H2,1-2H3. The third kappa shape index (κ3) is 13.2. The zero-order valence-electron chi connectivity index (χ0n) is 14.4. The van der Waals surface area contributed by atoms with E-state index in [1.54, 1.807) is 35.5 Å². The van der Waals surface area contributed by atoms with Crippen LogP contribution in [0.25, 0.3) is 0 Å². The van der Waals surface area contributed by atoms with Crippen LogP contribution in [0.4, 0.5) is 0 Å². The molecule has 0 amide bonds. The summed E-state index contributed by atoms with van der Waals surface area (Å²) in [4.78, 5) is 26.2. The number of nitrogens with zero attached hydrogens (tertiary/aromatic N) is 2. The molecule has 9 nitrogen and oxygen atoms in total. The second-order valence-corrected chi connectivity index (χ2v) is 8.82. The SMILES string of the molecule is COC(OC)[SiH2]CN=C=O.CO[Si](CCCN=C=O)(OC)OC. The fraction of sp³-hybridized carbons (Fsp3) is 0.833. The maximum atomic E-state index is 9.76. The Bertz CT molecular complexity index is 358. The van der Waals surface area contributed by atoms with Gasteiger partial charge >= 0.3 is 8.80 Å². The highest BCUT2D eigenvalue weighted by molar-refractivity contribution is 6.60. The van der Waals surface area contributed by atoms with Crippen molar-refractivity contribution >= 4 is 30.5 Å². The minimum absolute atomic E-state index is 0.128. The molecule has 0 aliphatic heterocycles. The maximum Gasteiger partial charge on any atom is 0.500 e. The zero-order chi connectivity index (χ0) is 18.0. The maximum absolute atomic E-state index is 9.76. The van der Waals surface area contributed by atoms with Crippen LogP contribution in [-0.2, 0) is 32.3 Å². The summed E-state index contributed by atoms with van der Waals surface area (Å²) in [5, 5.41) is 0. The van der Waals surface area contributed by atoms with Crippen molar-refractivity contribution in [3.63, 3.8) is 0 Å². The summed E-state index contributed by atoms with van der Waals surface area (Å²) < 4.78 is 25.3. The Kier molecular flexibility index (Phi) is 18.3. The van der Waals surface area contributed by atoms with E-state index in [-0.39, 0.29) is 5.91 Å². The number of methoxy groups -OCH3 is 2. The van der Waals surface area contributed by atoms with E-state index >= 15 is 0 Å². The summed E-state index contributed by atoms with van der Waals surface area (Å²) in [6.45, 7) is 0.439. The highest BCUT2D eigenvalue weighted by atomic mass is 28.4. The topological polar surface area (TPSA) is 105 Å². The molecule has 0 saturated heterocycles. The predicted molar refractivity (Wildman–Crippen MR) is 88.5 cm³/mol. The molecule has 11 heteroatoms. The average molecular weight is 367 g/mol. The van der Waals surface area contributed by atoms with Gasteiger partial charge in [0.2, 0.25) is 12.2 Å². The highest BCUT2D eigenvalue weighted by Gasteiger charge is 2.36. The lowest BCUT2D eigenvalue weighted by Gasteiger charge is -2.23. The summed E-state index contributed by atoms with van der Waals surface area (Å²) in [6.07, 6.45) is 4.19. The number of hydrogen-bond donors (Lipinski definition) is 0. The van der Waals surface area contributed by atoms with Gasteiger partial charge in [0.15, 0.2) is 0 Å². The van der Waals surface area contributed by atoms with Crippen molar-refractivity contribution in [2.45, 2.75) is 18.4 Å². The van der Waals surface area contributed by atoms with Gasteiger partial charge in [0.1, 0.15) is 15.4 Å². The first-order valence-corrected chi connectivity index (χ1v) is 10.6. The van der Waals surface area contributed by atoms with Gasteiger partial charge in [0.05, 0.1) is 6.54 Å². The van der Waals surface area contributed by atoms with Crippen molar-refractivity contribution in [1.29, 1.82) is 0 Å². The first-order valence-electron chi connectivity index (χ1n) is 6.87. The molecule has 0 aliphatic rings. The second-order valence-electron chi connectivity index (χ2n) is 4.03. The molecule has 0 aliphatic carbocycles. The lowest BCUT2D eigenvalue weighted by Crippen LogP contribution is -2.42. The van der Waals surface area contributed by atoms with Crippen molar-refractivity contribution in [3.8, 4) is 0 Å². The summed E-state index contributed by atoms with van der Waals surface area (Å²) in [5.41, 5.74) is 0. The fourth-order valence-electron chi connectivity index (χ4n) is 1.52. The van der Waals surface area contributed by atoms with Crippen molar-refractivity contribution < 1.29 is 32.3 Å². The van der Waals surface area contributed by atoms with E-state index in [0.29, 0.717) is 25.2 Å². The third-order valence-corrected chi connectivity index (χ3v) is 7.27. The van der Waals surface area contributed by atoms with Crippen LogP contribution in [0, 0.1) is 0 Å². The highest BCUT2D eigenvalue weighted by Crippen LogP contribution is 2.14. The lowest BCUT2D eigenvalue weighted by atomic mass is 10.5. The van der Waals surface area contributed by atoms with Gasteiger partial charge in [-0.2, -0.15) is 0 Å². The number of ether oxygens (including phenoxy) is 2. The normalized spacial score (nSPS) is 10.9. The molecule has 0 unspecified atom stereocenters. The minimum Gasteiger partial charge on any atom is -0.377 e. The minimum atomic E-state index is -2.46. The lowest BCUT2D eigenvalue weighted by molar-refractivity contribution is -0.0439. The number of isocyanates is 2. The van der Waals surface area contributed by atoms with Crippen LogP contribution in [0.2, 0.25) is 6.04 Å².